The second-order valence-electron chi connectivity index (χ2n) is 10.1. The van der Waals surface area contributed by atoms with E-state index in [2.05, 4.69) is 20.7 Å². The van der Waals surface area contributed by atoms with Crippen LogP contribution in [0.25, 0.3) is 22.0 Å². The summed E-state index contributed by atoms with van der Waals surface area (Å²) in [6.07, 6.45) is 6.38. The molecule has 9 nitrogen and oxygen atoms in total. The second-order valence-corrected chi connectivity index (χ2v) is 10.1. The maximum Gasteiger partial charge on any atom is 0.240 e. The van der Waals surface area contributed by atoms with E-state index in [0.717, 1.165) is 22.0 Å². The van der Waals surface area contributed by atoms with E-state index in [-0.39, 0.29) is 5.91 Å². The number of nitrogens with zero attached hydrogens (tertiary/aromatic N) is 3. The number of methoxy groups -OCH3 is 1. The fraction of sp³-hybridized carbons (Fsp3) is 0.188. The predicted molar refractivity (Wildman–Crippen MR) is 157 cm³/mol. The van der Waals surface area contributed by atoms with Gasteiger partial charge in [0.05, 0.1) is 24.9 Å². The van der Waals surface area contributed by atoms with Gasteiger partial charge in [-0.05, 0) is 85.1 Å². The lowest BCUT2D eigenvalue weighted by Crippen LogP contribution is -2.35. The van der Waals surface area contributed by atoms with Crippen molar-refractivity contribution in [1.82, 2.24) is 14.8 Å². The van der Waals surface area contributed by atoms with Crippen molar-refractivity contribution < 1.29 is 23.5 Å². The number of anilines is 2. The zero-order valence-corrected chi connectivity index (χ0v) is 22.8. The highest BCUT2D eigenvalue weighted by Crippen LogP contribution is 2.47. The van der Waals surface area contributed by atoms with Gasteiger partial charge in [0, 0.05) is 41.8 Å². The second kappa shape index (κ2) is 11.4. The molecule has 42 heavy (non-hydrogen) atoms. The minimum Gasteiger partial charge on any atom is -0.457 e. The summed E-state index contributed by atoms with van der Waals surface area (Å²) in [6.45, 7) is 1.27. The van der Waals surface area contributed by atoms with Crippen molar-refractivity contribution in [1.29, 1.82) is 0 Å². The number of hydrogen-bond donors (Lipinski definition) is 2. The normalized spacial score (nSPS) is 13.5. The largest absolute Gasteiger partial charge is 0.457 e. The molecule has 0 atom stereocenters. The standard InChI is InChI=1S/C32H28FN5O4/c1-41-17-16-38-20-22(19-35-38)21-2-11-27-28(18-21)34-15-12-29(27)42-26-9-7-25(8-10-26)37-31(40)32(13-14-32)30(39)36-24-5-3-23(33)4-6-24/h2-12,15,18-20H,13-14,16-17H2,1H3,(H,36,39)(H,37,40). The fourth-order valence-corrected chi connectivity index (χ4v) is 4.66. The van der Waals surface area contributed by atoms with Gasteiger partial charge in [-0.1, -0.05) is 6.07 Å². The molecule has 0 bridgehead atoms. The summed E-state index contributed by atoms with van der Waals surface area (Å²) in [5.74, 6) is 0.0480. The summed E-state index contributed by atoms with van der Waals surface area (Å²) >= 11 is 0. The Morgan fingerprint density at radius 3 is 2.29 bits per heavy atom. The molecule has 3 aromatic carbocycles. The Kier molecular flexibility index (Phi) is 7.37. The van der Waals surface area contributed by atoms with Crippen molar-refractivity contribution in [2.45, 2.75) is 19.4 Å². The van der Waals surface area contributed by atoms with Crippen molar-refractivity contribution in [2.24, 2.45) is 5.41 Å². The first-order chi connectivity index (χ1) is 20.4. The van der Waals surface area contributed by atoms with Crippen LogP contribution in [0.1, 0.15) is 12.8 Å². The first kappa shape index (κ1) is 27.1. The third-order valence-electron chi connectivity index (χ3n) is 7.26. The minimum atomic E-state index is -1.14. The molecular weight excluding hydrogens is 537 g/mol. The molecular formula is C32H28FN5O4. The molecule has 0 spiro atoms. The van der Waals surface area contributed by atoms with Crippen molar-refractivity contribution in [3.8, 4) is 22.6 Å². The molecule has 1 aliphatic carbocycles. The average molecular weight is 566 g/mol. The summed E-state index contributed by atoms with van der Waals surface area (Å²) in [5.41, 5.74) is 2.61. The topological polar surface area (TPSA) is 107 Å². The smallest absolute Gasteiger partial charge is 0.240 e. The van der Waals surface area contributed by atoms with Crippen molar-refractivity contribution >= 4 is 34.1 Å². The number of benzene rings is 3. The van der Waals surface area contributed by atoms with Gasteiger partial charge in [0.25, 0.3) is 0 Å². The zero-order chi connectivity index (χ0) is 29.1. The predicted octanol–water partition coefficient (Wildman–Crippen LogP) is 6.03. The van der Waals surface area contributed by atoms with Crippen molar-refractivity contribution in [2.75, 3.05) is 24.4 Å². The number of hydrogen-bond acceptors (Lipinski definition) is 6. The van der Waals surface area contributed by atoms with Crippen LogP contribution in [0.5, 0.6) is 11.5 Å². The molecule has 2 aromatic heterocycles. The van der Waals surface area contributed by atoms with E-state index in [4.69, 9.17) is 9.47 Å². The lowest BCUT2D eigenvalue weighted by atomic mass is 10.0. The van der Waals surface area contributed by atoms with Crippen LogP contribution in [0.15, 0.2) is 91.4 Å². The lowest BCUT2D eigenvalue weighted by molar-refractivity contribution is -0.131. The Morgan fingerprint density at radius 1 is 0.929 bits per heavy atom. The van der Waals surface area contributed by atoms with E-state index < -0.39 is 17.1 Å². The van der Waals surface area contributed by atoms with Gasteiger partial charge in [-0.2, -0.15) is 5.10 Å². The molecule has 2 amide bonds. The Bertz CT molecular complexity index is 1750. The van der Waals surface area contributed by atoms with Crippen LogP contribution in [-0.2, 0) is 20.9 Å². The van der Waals surface area contributed by atoms with Gasteiger partial charge in [0.1, 0.15) is 22.7 Å². The molecule has 10 heteroatoms. The van der Waals surface area contributed by atoms with Gasteiger partial charge in [-0.25, -0.2) is 4.39 Å². The number of aromatic nitrogens is 3. The van der Waals surface area contributed by atoms with Gasteiger partial charge in [0.15, 0.2) is 0 Å². The van der Waals surface area contributed by atoms with Crippen LogP contribution in [0.2, 0.25) is 0 Å². The number of nitrogens with one attached hydrogen (secondary N) is 2. The van der Waals surface area contributed by atoms with Crippen LogP contribution >= 0.6 is 0 Å². The van der Waals surface area contributed by atoms with Gasteiger partial charge in [-0.15, -0.1) is 0 Å². The van der Waals surface area contributed by atoms with E-state index >= 15 is 0 Å². The zero-order valence-electron chi connectivity index (χ0n) is 22.8. The Morgan fingerprint density at radius 2 is 1.62 bits per heavy atom. The van der Waals surface area contributed by atoms with E-state index in [1.165, 1.54) is 24.3 Å². The van der Waals surface area contributed by atoms with E-state index in [0.29, 0.717) is 48.9 Å². The fourth-order valence-electron chi connectivity index (χ4n) is 4.66. The number of carbonyl (C=O) groups is 2. The summed E-state index contributed by atoms with van der Waals surface area (Å²) in [6, 6.07) is 20.2. The summed E-state index contributed by atoms with van der Waals surface area (Å²) in [4.78, 5) is 30.3. The SMILES string of the molecule is COCCn1cc(-c2ccc3c(Oc4ccc(NC(=O)C5(C(=O)Nc6ccc(F)cc6)CC5)cc4)ccnc3c2)cn1. The van der Waals surface area contributed by atoms with Crippen molar-refractivity contribution in [3.63, 3.8) is 0 Å². The van der Waals surface area contributed by atoms with Crippen LogP contribution < -0.4 is 15.4 Å². The third kappa shape index (κ3) is 5.70. The van der Waals surface area contributed by atoms with Gasteiger partial charge < -0.3 is 20.1 Å². The first-order valence-corrected chi connectivity index (χ1v) is 13.5. The van der Waals surface area contributed by atoms with Crippen LogP contribution in [0, 0.1) is 11.2 Å². The number of carbonyl (C=O) groups excluding carboxylic acids is 2. The van der Waals surface area contributed by atoms with Gasteiger partial charge in [0.2, 0.25) is 11.8 Å². The number of fused-ring (bicyclic) bond motifs is 1. The molecule has 2 heterocycles. The monoisotopic (exact) mass is 565 g/mol. The number of halogens is 1. The van der Waals surface area contributed by atoms with Crippen LogP contribution in [0.3, 0.4) is 0 Å². The van der Waals surface area contributed by atoms with Crippen LogP contribution in [0.4, 0.5) is 15.8 Å². The highest BCUT2D eigenvalue weighted by atomic mass is 19.1. The third-order valence-corrected chi connectivity index (χ3v) is 7.26. The van der Waals surface area contributed by atoms with E-state index in [1.54, 1.807) is 43.6 Å². The summed E-state index contributed by atoms with van der Waals surface area (Å²) < 4.78 is 26.3. The Labute approximate surface area is 241 Å². The number of ether oxygens (including phenoxy) is 2. The molecule has 0 unspecified atom stereocenters. The lowest BCUT2D eigenvalue weighted by Gasteiger charge is -2.16. The number of rotatable bonds is 10. The molecule has 6 rings (SSSR count). The molecule has 1 aliphatic rings. The molecule has 0 radical (unpaired) electrons. The molecule has 5 aromatic rings. The summed E-state index contributed by atoms with van der Waals surface area (Å²) in [5, 5.41) is 10.8. The number of pyridine rings is 1. The van der Waals surface area contributed by atoms with Crippen LogP contribution in [-0.4, -0.2) is 40.3 Å². The molecule has 212 valence electrons. The van der Waals surface area contributed by atoms with E-state index in [9.17, 15) is 14.0 Å². The molecule has 1 fully saturated rings. The van der Waals surface area contributed by atoms with E-state index in [1.807, 2.05) is 35.3 Å². The molecule has 2 N–H and O–H groups in total. The minimum absolute atomic E-state index is 0.379. The first-order valence-electron chi connectivity index (χ1n) is 13.5. The maximum absolute atomic E-state index is 13.2. The molecule has 0 aliphatic heterocycles. The molecule has 1 saturated carbocycles. The summed E-state index contributed by atoms with van der Waals surface area (Å²) in [7, 11) is 1.66. The Balaban J connectivity index is 1.11. The van der Waals surface area contributed by atoms with Gasteiger partial charge >= 0.3 is 0 Å². The van der Waals surface area contributed by atoms with Crippen molar-refractivity contribution in [3.05, 3.63) is 97.2 Å². The highest BCUT2D eigenvalue weighted by Gasteiger charge is 2.56. The quantitative estimate of drug-likeness (QED) is 0.200. The molecule has 0 saturated heterocycles. The maximum atomic E-state index is 13.2. The number of amides is 2. The Hall–Kier alpha value is -5.09. The van der Waals surface area contributed by atoms with Gasteiger partial charge in [-0.3, -0.25) is 19.3 Å². The highest BCUT2D eigenvalue weighted by molar-refractivity contribution is 6.16. The average Bonchev–Trinajstić information content (AvgIpc) is 3.69.